The fraction of sp³-hybridized carbons (Fsp3) is 0.467. The van der Waals surface area contributed by atoms with E-state index in [2.05, 4.69) is 26.7 Å². The summed E-state index contributed by atoms with van der Waals surface area (Å²) in [7, 11) is 1.44. The Bertz CT molecular complexity index is 1260. The van der Waals surface area contributed by atoms with Crippen molar-refractivity contribution < 1.29 is 23.9 Å². The molecule has 0 radical (unpaired) electrons. The number of hydrogen-bond acceptors (Lipinski definition) is 9. The molecule has 2 aromatic rings. The molecule has 0 aromatic heterocycles. The molecular formula is C30H39N5O5S. The van der Waals surface area contributed by atoms with Gasteiger partial charge in [-0.1, -0.05) is 19.9 Å². The largest absolute Gasteiger partial charge is 0.487 e. The maximum absolute atomic E-state index is 13.2. The number of amides is 3. The second kappa shape index (κ2) is 14.0. The van der Waals surface area contributed by atoms with E-state index >= 15 is 0 Å². The van der Waals surface area contributed by atoms with Crippen molar-refractivity contribution >= 4 is 41.6 Å². The van der Waals surface area contributed by atoms with Crippen LogP contribution in [0.25, 0.3) is 0 Å². The first-order valence-corrected chi connectivity index (χ1v) is 15.0. The van der Waals surface area contributed by atoms with E-state index in [1.54, 1.807) is 24.1 Å². The van der Waals surface area contributed by atoms with E-state index in [9.17, 15) is 19.2 Å². The molecule has 1 unspecified atom stereocenters. The number of carbonyl (C=O) groups is 4. The molecule has 1 atom stereocenters. The van der Waals surface area contributed by atoms with Crippen LogP contribution in [0.15, 0.2) is 47.4 Å². The first-order valence-electron chi connectivity index (χ1n) is 14.2. The molecule has 2 saturated heterocycles. The van der Waals surface area contributed by atoms with Crippen molar-refractivity contribution in [3.05, 3.63) is 53.6 Å². The molecule has 11 heteroatoms. The van der Waals surface area contributed by atoms with Crippen LogP contribution in [0.4, 0.5) is 5.69 Å². The molecule has 3 N–H and O–H groups in total. The van der Waals surface area contributed by atoms with Crippen molar-refractivity contribution in [3.63, 3.8) is 0 Å². The Balaban J connectivity index is 0.00000189. The lowest BCUT2D eigenvalue weighted by Gasteiger charge is -2.40. The normalized spacial score (nSPS) is 18.2. The van der Waals surface area contributed by atoms with E-state index in [0.29, 0.717) is 25.4 Å². The van der Waals surface area contributed by atoms with Crippen molar-refractivity contribution in [2.75, 3.05) is 38.1 Å². The number of fused-ring (bicyclic) bond motifs is 1. The number of ether oxygens (including phenoxy) is 1. The van der Waals surface area contributed by atoms with Gasteiger partial charge in [-0.2, -0.15) is 0 Å². The zero-order valence-corrected chi connectivity index (χ0v) is 24.7. The molecule has 3 aliphatic heterocycles. The van der Waals surface area contributed by atoms with Gasteiger partial charge in [-0.25, -0.2) is 4.31 Å². The highest BCUT2D eigenvalue weighted by atomic mass is 32.2. The molecule has 5 rings (SSSR count). The predicted molar refractivity (Wildman–Crippen MR) is 159 cm³/mol. The number of imide groups is 1. The summed E-state index contributed by atoms with van der Waals surface area (Å²) in [6.45, 7) is 7.25. The number of carbonyl (C=O) groups excluding carboxylic acids is 4. The monoisotopic (exact) mass is 581 g/mol. The highest BCUT2D eigenvalue weighted by molar-refractivity contribution is 7.97. The molecule has 220 valence electrons. The molecular weight excluding hydrogens is 542 g/mol. The molecule has 41 heavy (non-hydrogen) atoms. The fourth-order valence-corrected chi connectivity index (χ4v) is 6.13. The van der Waals surface area contributed by atoms with Crippen LogP contribution < -0.4 is 20.7 Å². The third-order valence-electron chi connectivity index (χ3n) is 7.37. The maximum atomic E-state index is 13.2. The van der Waals surface area contributed by atoms with Crippen molar-refractivity contribution in [1.82, 2.24) is 14.5 Å². The SMILES string of the molecule is CC.CNC(=O)C(CCC=O)N1C(=O)c2ccc(N3CC(Oc4cccc(SN5CCC(N)CC5)c4)C3)cc2C1=O. The van der Waals surface area contributed by atoms with Crippen LogP contribution >= 0.6 is 11.9 Å². The van der Waals surface area contributed by atoms with Gasteiger partial charge >= 0.3 is 0 Å². The van der Waals surface area contributed by atoms with Crippen LogP contribution in [-0.2, 0) is 9.59 Å². The molecule has 3 aliphatic rings. The zero-order valence-electron chi connectivity index (χ0n) is 23.9. The number of nitrogens with one attached hydrogen (secondary N) is 1. The Hall–Kier alpha value is -3.41. The summed E-state index contributed by atoms with van der Waals surface area (Å²) in [6, 6.07) is 12.5. The summed E-state index contributed by atoms with van der Waals surface area (Å²) >= 11 is 1.73. The number of anilines is 1. The summed E-state index contributed by atoms with van der Waals surface area (Å²) < 4.78 is 8.55. The molecule has 2 aromatic carbocycles. The van der Waals surface area contributed by atoms with Gasteiger partial charge < -0.3 is 25.5 Å². The number of nitrogens with zero attached hydrogens (tertiary/aromatic N) is 3. The van der Waals surface area contributed by atoms with Gasteiger partial charge in [0.1, 0.15) is 24.2 Å². The number of aldehydes is 1. The van der Waals surface area contributed by atoms with Gasteiger partial charge in [0.25, 0.3) is 11.8 Å². The minimum atomic E-state index is -1.03. The van der Waals surface area contributed by atoms with E-state index in [4.69, 9.17) is 10.5 Å². The second-order valence-corrected chi connectivity index (χ2v) is 11.2. The quantitative estimate of drug-likeness (QED) is 0.247. The third-order valence-corrected chi connectivity index (χ3v) is 8.46. The van der Waals surface area contributed by atoms with Crippen molar-refractivity contribution in [2.45, 2.75) is 62.6 Å². The Morgan fingerprint density at radius 1 is 1.10 bits per heavy atom. The summed E-state index contributed by atoms with van der Waals surface area (Å²) in [5.41, 5.74) is 7.36. The average molecular weight is 582 g/mol. The molecule has 0 saturated carbocycles. The fourth-order valence-electron chi connectivity index (χ4n) is 5.13. The Kier molecular flexibility index (Phi) is 10.4. The zero-order chi connectivity index (χ0) is 29.5. The smallest absolute Gasteiger partial charge is 0.262 e. The summed E-state index contributed by atoms with van der Waals surface area (Å²) in [5, 5.41) is 2.49. The third kappa shape index (κ3) is 6.91. The maximum Gasteiger partial charge on any atom is 0.262 e. The van der Waals surface area contributed by atoms with Gasteiger partial charge in [0.2, 0.25) is 5.91 Å². The topological polar surface area (TPSA) is 125 Å². The van der Waals surface area contributed by atoms with Crippen LogP contribution in [0, 0.1) is 0 Å². The van der Waals surface area contributed by atoms with Crippen molar-refractivity contribution in [3.8, 4) is 5.75 Å². The van der Waals surface area contributed by atoms with E-state index < -0.39 is 23.8 Å². The molecule has 3 amide bonds. The van der Waals surface area contributed by atoms with Crippen LogP contribution in [0.2, 0.25) is 0 Å². The van der Waals surface area contributed by atoms with Crippen LogP contribution in [0.3, 0.4) is 0 Å². The van der Waals surface area contributed by atoms with Gasteiger partial charge in [0, 0.05) is 43.2 Å². The van der Waals surface area contributed by atoms with Gasteiger partial charge in [-0.15, -0.1) is 0 Å². The highest BCUT2D eigenvalue weighted by Gasteiger charge is 2.43. The van der Waals surface area contributed by atoms with Gasteiger partial charge in [-0.3, -0.25) is 19.3 Å². The van der Waals surface area contributed by atoms with Crippen LogP contribution in [-0.4, -0.2) is 84.6 Å². The Morgan fingerprint density at radius 2 is 1.80 bits per heavy atom. The van der Waals surface area contributed by atoms with E-state index in [1.807, 2.05) is 32.0 Å². The van der Waals surface area contributed by atoms with Crippen molar-refractivity contribution in [2.24, 2.45) is 5.73 Å². The Labute approximate surface area is 245 Å². The first kappa shape index (κ1) is 30.5. The van der Waals surface area contributed by atoms with Crippen molar-refractivity contribution in [1.29, 1.82) is 0 Å². The van der Waals surface area contributed by atoms with E-state index in [1.165, 1.54) is 7.05 Å². The number of benzene rings is 2. The highest BCUT2D eigenvalue weighted by Crippen LogP contribution is 2.33. The molecule has 0 aliphatic carbocycles. The van der Waals surface area contributed by atoms with Gasteiger partial charge in [-0.05, 0) is 67.6 Å². The predicted octanol–water partition coefficient (Wildman–Crippen LogP) is 3.10. The molecule has 10 nitrogen and oxygen atoms in total. The standard InChI is InChI=1S/C28H33N5O5S.C2H6/c1-30-26(35)25(6-3-13-34)33-27(36)23-8-7-19(14-24(23)28(33)37)31-16-21(17-31)38-20-4-2-5-22(15-20)39-32-11-9-18(29)10-12-32;1-2/h2,4-5,7-8,13-15,18,21,25H,3,6,9-12,16-17,29H2,1H3,(H,30,35);1-2H3. The molecule has 0 bridgehead atoms. The van der Waals surface area contributed by atoms with E-state index in [-0.39, 0.29) is 30.1 Å². The molecule has 3 heterocycles. The molecule has 2 fully saturated rings. The first-order chi connectivity index (χ1) is 19.9. The summed E-state index contributed by atoms with van der Waals surface area (Å²) in [4.78, 5) is 53.7. The van der Waals surface area contributed by atoms with Crippen LogP contribution in [0.5, 0.6) is 5.75 Å². The lowest BCUT2D eigenvalue weighted by Crippen LogP contribution is -2.54. The average Bonchev–Trinajstić information content (AvgIpc) is 3.22. The lowest BCUT2D eigenvalue weighted by atomic mass is 10.1. The number of nitrogens with two attached hydrogens (primary N) is 1. The summed E-state index contributed by atoms with van der Waals surface area (Å²) in [6.07, 6.45) is 2.85. The number of hydrogen-bond donors (Lipinski definition) is 2. The van der Waals surface area contributed by atoms with Crippen LogP contribution in [0.1, 0.15) is 60.2 Å². The van der Waals surface area contributed by atoms with Gasteiger partial charge in [0.05, 0.1) is 24.2 Å². The minimum Gasteiger partial charge on any atom is -0.487 e. The molecule has 0 spiro atoms. The number of rotatable bonds is 10. The van der Waals surface area contributed by atoms with Gasteiger partial charge in [0.15, 0.2) is 0 Å². The minimum absolute atomic E-state index is 0.00120. The van der Waals surface area contributed by atoms with E-state index in [0.717, 1.165) is 47.2 Å². The summed E-state index contributed by atoms with van der Waals surface area (Å²) in [5.74, 6) is -0.693. The Morgan fingerprint density at radius 3 is 2.49 bits per heavy atom. The number of likely N-dealkylation sites (N-methyl/N-ethyl adjacent to an activating group) is 1. The number of piperidine rings is 1. The lowest BCUT2D eigenvalue weighted by molar-refractivity contribution is -0.124. The second-order valence-electron chi connectivity index (χ2n) is 10.1.